The van der Waals surface area contributed by atoms with E-state index < -0.39 is 26.5 Å². The summed E-state index contributed by atoms with van der Waals surface area (Å²) in [5.41, 5.74) is -0.269. The van der Waals surface area contributed by atoms with E-state index in [1.807, 2.05) is 6.92 Å². The van der Waals surface area contributed by atoms with Crippen LogP contribution in [0.2, 0.25) is 0 Å². The molecule has 1 aromatic carbocycles. The number of benzene rings is 1. The van der Waals surface area contributed by atoms with Crippen LogP contribution in [-0.4, -0.2) is 36.8 Å². The van der Waals surface area contributed by atoms with E-state index in [-0.39, 0.29) is 11.3 Å². The Morgan fingerprint density at radius 2 is 2.11 bits per heavy atom. The molecule has 0 heterocycles. The van der Waals surface area contributed by atoms with Gasteiger partial charge in [0.15, 0.2) is 9.84 Å². The number of sulfone groups is 1. The van der Waals surface area contributed by atoms with Crippen molar-refractivity contribution in [3.63, 3.8) is 0 Å². The van der Waals surface area contributed by atoms with E-state index in [1.54, 1.807) is 0 Å². The van der Waals surface area contributed by atoms with Gasteiger partial charge in [-0.15, -0.1) is 0 Å². The first-order valence-electron chi connectivity index (χ1n) is 5.22. The molecule has 1 N–H and O–H groups in total. The second kappa shape index (κ2) is 6.19. The van der Waals surface area contributed by atoms with E-state index in [1.165, 1.54) is 11.8 Å². The highest BCUT2D eigenvalue weighted by molar-refractivity contribution is 8.00. The predicted octanol–water partition coefficient (Wildman–Crippen LogP) is 2.05. The standard InChI is InChI=1S/C11H13FO4S2/c1-2-17-5-6-18(15,16)10-4-3-8(11(13)14)7-9(10)12/h3-4,7H,2,5-6H2,1H3,(H,13,14). The Labute approximate surface area is 109 Å². The summed E-state index contributed by atoms with van der Waals surface area (Å²) in [4.78, 5) is 10.2. The fraction of sp³-hybridized carbons (Fsp3) is 0.364. The normalized spacial score (nSPS) is 11.4. The van der Waals surface area contributed by atoms with Gasteiger partial charge in [0.2, 0.25) is 0 Å². The molecule has 0 aliphatic rings. The van der Waals surface area contributed by atoms with E-state index in [0.717, 1.165) is 24.0 Å². The number of hydrogen-bond acceptors (Lipinski definition) is 4. The predicted molar refractivity (Wildman–Crippen MR) is 68.4 cm³/mol. The molecule has 0 spiro atoms. The van der Waals surface area contributed by atoms with Crippen molar-refractivity contribution in [2.75, 3.05) is 17.3 Å². The van der Waals surface area contributed by atoms with Gasteiger partial charge in [-0.25, -0.2) is 17.6 Å². The maximum absolute atomic E-state index is 13.6. The lowest BCUT2D eigenvalue weighted by atomic mass is 10.2. The van der Waals surface area contributed by atoms with E-state index in [9.17, 15) is 17.6 Å². The Hall–Kier alpha value is -1.08. The van der Waals surface area contributed by atoms with Crippen LogP contribution in [0.25, 0.3) is 0 Å². The average Bonchev–Trinajstić information content (AvgIpc) is 2.28. The first-order chi connectivity index (χ1) is 8.38. The molecular weight excluding hydrogens is 279 g/mol. The number of halogens is 1. The molecule has 18 heavy (non-hydrogen) atoms. The molecule has 0 aromatic heterocycles. The van der Waals surface area contributed by atoms with Crippen molar-refractivity contribution in [2.24, 2.45) is 0 Å². The quantitative estimate of drug-likeness (QED) is 0.812. The second-order valence-corrected chi connectivity index (χ2v) is 6.94. The van der Waals surface area contributed by atoms with Crippen LogP contribution in [0.15, 0.2) is 23.1 Å². The molecule has 0 atom stereocenters. The highest BCUT2D eigenvalue weighted by Crippen LogP contribution is 2.18. The Kier molecular flexibility index (Phi) is 5.15. The molecule has 0 amide bonds. The molecule has 0 unspecified atom stereocenters. The molecule has 0 aliphatic heterocycles. The fourth-order valence-electron chi connectivity index (χ4n) is 1.31. The van der Waals surface area contributed by atoms with E-state index in [0.29, 0.717) is 5.75 Å². The Morgan fingerprint density at radius 3 is 2.61 bits per heavy atom. The van der Waals surface area contributed by atoms with Crippen molar-refractivity contribution in [3.05, 3.63) is 29.6 Å². The monoisotopic (exact) mass is 292 g/mol. The number of carboxylic acids is 1. The van der Waals surface area contributed by atoms with Crippen LogP contribution in [-0.2, 0) is 9.84 Å². The van der Waals surface area contributed by atoms with E-state index in [2.05, 4.69) is 0 Å². The van der Waals surface area contributed by atoms with Crippen molar-refractivity contribution in [2.45, 2.75) is 11.8 Å². The van der Waals surface area contributed by atoms with Crippen molar-refractivity contribution in [3.8, 4) is 0 Å². The third kappa shape index (κ3) is 3.71. The van der Waals surface area contributed by atoms with Crippen molar-refractivity contribution >= 4 is 27.6 Å². The van der Waals surface area contributed by atoms with E-state index in [4.69, 9.17) is 5.11 Å². The smallest absolute Gasteiger partial charge is 0.335 e. The van der Waals surface area contributed by atoms with Crippen molar-refractivity contribution in [1.29, 1.82) is 0 Å². The molecular formula is C11H13FO4S2. The minimum absolute atomic E-state index is 0.158. The zero-order valence-corrected chi connectivity index (χ0v) is 11.4. The zero-order chi connectivity index (χ0) is 13.8. The van der Waals surface area contributed by atoms with Gasteiger partial charge in [-0.3, -0.25) is 0 Å². The maximum atomic E-state index is 13.6. The third-order valence-corrected chi connectivity index (χ3v) is 5.12. The Balaban J connectivity index is 2.99. The van der Waals surface area contributed by atoms with Crippen LogP contribution < -0.4 is 0 Å². The fourth-order valence-corrected chi connectivity index (χ4v) is 3.80. The molecule has 100 valence electrons. The molecule has 4 nitrogen and oxygen atoms in total. The van der Waals surface area contributed by atoms with Crippen LogP contribution >= 0.6 is 11.8 Å². The van der Waals surface area contributed by atoms with Gasteiger partial charge >= 0.3 is 5.97 Å². The zero-order valence-electron chi connectivity index (χ0n) is 9.72. The minimum Gasteiger partial charge on any atom is -0.478 e. The molecule has 0 saturated heterocycles. The number of carbonyl (C=O) groups is 1. The summed E-state index contributed by atoms with van der Waals surface area (Å²) in [6.45, 7) is 1.90. The highest BCUT2D eigenvalue weighted by Gasteiger charge is 2.20. The van der Waals surface area contributed by atoms with Gasteiger partial charge in [-0.05, 0) is 24.0 Å². The Bertz CT molecular complexity index is 540. The third-order valence-electron chi connectivity index (χ3n) is 2.21. The number of carboxylic acid groups (broad SMARTS) is 1. The summed E-state index contributed by atoms with van der Waals surface area (Å²) in [7, 11) is -3.69. The van der Waals surface area contributed by atoms with Gasteiger partial charge in [-0.1, -0.05) is 6.92 Å². The summed E-state index contributed by atoms with van der Waals surface area (Å²) in [5, 5.41) is 8.66. The lowest BCUT2D eigenvalue weighted by Crippen LogP contribution is -2.12. The van der Waals surface area contributed by atoms with Gasteiger partial charge < -0.3 is 5.11 Å². The van der Waals surface area contributed by atoms with Crippen LogP contribution in [0.5, 0.6) is 0 Å². The van der Waals surface area contributed by atoms with Crippen molar-refractivity contribution < 1.29 is 22.7 Å². The lowest BCUT2D eigenvalue weighted by molar-refractivity contribution is 0.0696. The van der Waals surface area contributed by atoms with Gasteiger partial charge in [0.25, 0.3) is 0 Å². The first-order valence-corrected chi connectivity index (χ1v) is 8.02. The molecule has 0 saturated carbocycles. The summed E-state index contributed by atoms with van der Waals surface area (Å²) < 4.78 is 37.2. The maximum Gasteiger partial charge on any atom is 0.335 e. The van der Waals surface area contributed by atoms with Gasteiger partial charge in [0.05, 0.1) is 11.3 Å². The van der Waals surface area contributed by atoms with Crippen LogP contribution in [0, 0.1) is 5.82 Å². The number of hydrogen-bond donors (Lipinski definition) is 1. The molecule has 7 heteroatoms. The molecule has 0 radical (unpaired) electrons. The summed E-state index contributed by atoms with van der Waals surface area (Å²) in [5.74, 6) is -1.29. The molecule has 1 aromatic rings. The van der Waals surface area contributed by atoms with Gasteiger partial charge in [0.1, 0.15) is 10.7 Å². The number of rotatable bonds is 6. The van der Waals surface area contributed by atoms with Crippen LogP contribution in [0.4, 0.5) is 4.39 Å². The first kappa shape index (κ1) is 15.0. The number of aromatic carboxylic acids is 1. The van der Waals surface area contributed by atoms with Gasteiger partial charge in [0, 0.05) is 5.75 Å². The second-order valence-electron chi connectivity index (χ2n) is 3.47. The topological polar surface area (TPSA) is 71.4 Å². The van der Waals surface area contributed by atoms with Crippen molar-refractivity contribution in [1.82, 2.24) is 0 Å². The molecule has 0 bridgehead atoms. The largest absolute Gasteiger partial charge is 0.478 e. The van der Waals surface area contributed by atoms with Crippen LogP contribution in [0.1, 0.15) is 17.3 Å². The van der Waals surface area contributed by atoms with Crippen LogP contribution in [0.3, 0.4) is 0 Å². The number of thioether (sulfide) groups is 1. The summed E-state index contributed by atoms with van der Waals surface area (Å²) in [6, 6.07) is 2.82. The van der Waals surface area contributed by atoms with Gasteiger partial charge in [-0.2, -0.15) is 11.8 Å². The average molecular weight is 292 g/mol. The Morgan fingerprint density at radius 1 is 1.44 bits per heavy atom. The minimum atomic E-state index is -3.69. The highest BCUT2D eigenvalue weighted by atomic mass is 32.2. The lowest BCUT2D eigenvalue weighted by Gasteiger charge is -2.06. The SMILES string of the molecule is CCSCCS(=O)(=O)c1ccc(C(=O)O)cc1F. The molecule has 0 aliphatic carbocycles. The molecule has 1 rings (SSSR count). The van der Waals surface area contributed by atoms with E-state index >= 15 is 0 Å². The molecule has 0 fully saturated rings. The summed E-state index contributed by atoms with van der Waals surface area (Å²) in [6.07, 6.45) is 0. The summed E-state index contributed by atoms with van der Waals surface area (Å²) >= 11 is 1.45.